The topological polar surface area (TPSA) is 119 Å². The first-order valence-corrected chi connectivity index (χ1v) is 7.49. The number of amides is 4. The maximum absolute atomic E-state index is 12.3. The van der Waals surface area contributed by atoms with E-state index in [0.717, 1.165) is 17.7 Å². The average Bonchev–Trinajstić information content (AvgIpc) is 2.99. The minimum atomic E-state index is -0.981. The van der Waals surface area contributed by atoms with Gasteiger partial charge in [-0.15, -0.1) is 0 Å². The summed E-state index contributed by atoms with van der Waals surface area (Å²) in [4.78, 5) is 47.7. The molecule has 2 rings (SSSR count). The highest BCUT2D eigenvalue weighted by Crippen LogP contribution is 2.35. The molecule has 1 aliphatic heterocycles. The summed E-state index contributed by atoms with van der Waals surface area (Å²) in [6.07, 6.45) is 2.53. The number of ether oxygens (including phenoxy) is 1. The van der Waals surface area contributed by atoms with Crippen LogP contribution in [0.5, 0.6) is 0 Å². The normalized spacial score (nSPS) is 21.0. The van der Waals surface area contributed by atoms with E-state index in [2.05, 4.69) is 5.32 Å². The highest BCUT2D eigenvalue weighted by Gasteiger charge is 2.52. The van der Waals surface area contributed by atoms with Gasteiger partial charge in [0.2, 0.25) is 0 Å². The van der Waals surface area contributed by atoms with Gasteiger partial charge in [-0.1, -0.05) is 12.8 Å². The first-order valence-electron chi connectivity index (χ1n) is 7.49. The monoisotopic (exact) mass is 311 g/mol. The molecule has 4 amide bonds. The maximum atomic E-state index is 12.3. The molecule has 0 radical (unpaired) electrons. The first-order chi connectivity index (χ1) is 10.4. The summed E-state index contributed by atoms with van der Waals surface area (Å²) in [6.45, 7) is 1.55. The predicted octanol–water partition coefficient (Wildman–Crippen LogP) is 0.0482. The Morgan fingerprint density at radius 1 is 1.36 bits per heavy atom. The number of urea groups is 1. The molecule has 1 spiro atoms. The molecule has 0 aromatic carbocycles. The van der Waals surface area contributed by atoms with Crippen molar-refractivity contribution in [2.24, 2.45) is 5.73 Å². The van der Waals surface area contributed by atoms with E-state index in [-0.39, 0.29) is 18.9 Å². The summed E-state index contributed by atoms with van der Waals surface area (Å²) in [5.41, 5.74) is 4.27. The lowest BCUT2D eigenvalue weighted by Gasteiger charge is -2.19. The van der Waals surface area contributed by atoms with Gasteiger partial charge in [-0.25, -0.2) is 4.79 Å². The summed E-state index contributed by atoms with van der Waals surface area (Å²) in [5.74, 6) is -1.49. The van der Waals surface area contributed by atoms with Gasteiger partial charge in [0, 0.05) is 13.0 Å². The van der Waals surface area contributed by atoms with Crippen LogP contribution in [0.25, 0.3) is 0 Å². The molecule has 2 aliphatic rings. The first kappa shape index (κ1) is 16.3. The number of hydrogen-bond donors (Lipinski definition) is 2. The van der Waals surface area contributed by atoms with Crippen LogP contribution in [0.4, 0.5) is 4.79 Å². The SMILES string of the molecule is C[C@@H](OC(=O)CCCN1C(=O)NC2(CCCC2)C1=O)C(N)=O. The van der Waals surface area contributed by atoms with Crippen molar-refractivity contribution < 1.29 is 23.9 Å². The third kappa shape index (κ3) is 3.20. The van der Waals surface area contributed by atoms with Crippen LogP contribution < -0.4 is 11.1 Å². The zero-order valence-corrected chi connectivity index (χ0v) is 12.6. The lowest BCUT2D eigenvalue weighted by Crippen LogP contribution is -2.44. The van der Waals surface area contributed by atoms with E-state index in [0.29, 0.717) is 19.3 Å². The van der Waals surface area contributed by atoms with E-state index < -0.39 is 29.6 Å². The molecular formula is C14H21N3O5. The molecule has 0 aromatic rings. The van der Waals surface area contributed by atoms with Crippen molar-refractivity contribution in [2.75, 3.05) is 6.54 Å². The Morgan fingerprint density at radius 2 is 2.00 bits per heavy atom. The van der Waals surface area contributed by atoms with Gasteiger partial charge in [0.05, 0.1) is 0 Å². The number of primary amides is 1. The number of nitrogens with zero attached hydrogens (tertiary/aromatic N) is 1. The lowest BCUT2D eigenvalue weighted by atomic mass is 9.98. The summed E-state index contributed by atoms with van der Waals surface area (Å²) < 4.78 is 4.81. The lowest BCUT2D eigenvalue weighted by molar-refractivity contribution is -0.154. The summed E-state index contributed by atoms with van der Waals surface area (Å²) >= 11 is 0. The Bertz CT molecular complexity index is 499. The van der Waals surface area contributed by atoms with E-state index >= 15 is 0 Å². The van der Waals surface area contributed by atoms with Crippen molar-refractivity contribution in [1.29, 1.82) is 0 Å². The Hall–Kier alpha value is -2.12. The number of carbonyl (C=O) groups is 4. The molecule has 8 heteroatoms. The fraction of sp³-hybridized carbons (Fsp3) is 0.714. The number of nitrogens with two attached hydrogens (primary N) is 1. The highest BCUT2D eigenvalue weighted by atomic mass is 16.5. The van der Waals surface area contributed by atoms with E-state index in [1.165, 1.54) is 6.92 Å². The second kappa shape index (κ2) is 6.33. The van der Waals surface area contributed by atoms with E-state index in [4.69, 9.17) is 10.5 Å². The minimum absolute atomic E-state index is 0.0156. The van der Waals surface area contributed by atoms with Crippen LogP contribution in [0.3, 0.4) is 0 Å². The van der Waals surface area contributed by atoms with Gasteiger partial charge in [-0.2, -0.15) is 0 Å². The molecule has 1 heterocycles. The van der Waals surface area contributed by atoms with Gasteiger partial charge in [0.1, 0.15) is 5.54 Å². The summed E-state index contributed by atoms with van der Waals surface area (Å²) in [6, 6.07) is -0.397. The fourth-order valence-corrected chi connectivity index (χ4v) is 2.89. The van der Waals surface area contributed by atoms with Crippen LogP contribution in [0, 0.1) is 0 Å². The fourth-order valence-electron chi connectivity index (χ4n) is 2.89. The molecule has 2 fully saturated rings. The number of rotatable bonds is 6. The van der Waals surface area contributed by atoms with Gasteiger partial charge in [0.15, 0.2) is 6.10 Å². The van der Waals surface area contributed by atoms with Crippen molar-refractivity contribution in [3.05, 3.63) is 0 Å². The van der Waals surface area contributed by atoms with Gasteiger partial charge >= 0.3 is 12.0 Å². The minimum Gasteiger partial charge on any atom is -0.453 e. The largest absolute Gasteiger partial charge is 0.453 e. The maximum Gasteiger partial charge on any atom is 0.325 e. The Balaban J connectivity index is 1.80. The summed E-state index contributed by atoms with van der Waals surface area (Å²) in [5, 5.41) is 2.77. The van der Waals surface area contributed by atoms with Gasteiger partial charge in [0.25, 0.3) is 11.8 Å². The van der Waals surface area contributed by atoms with Crippen LogP contribution in [0.1, 0.15) is 45.4 Å². The number of carbonyl (C=O) groups excluding carboxylic acids is 4. The predicted molar refractivity (Wildman–Crippen MR) is 75.4 cm³/mol. The van der Waals surface area contributed by atoms with Crippen LogP contribution in [0.2, 0.25) is 0 Å². The van der Waals surface area contributed by atoms with Crippen molar-refractivity contribution in [3.63, 3.8) is 0 Å². The summed E-state index contributed by atoms with van der Waals surface area (Å²) in [7, 11) is 0. The van der Waals surface area contributed by atoms with Gasteiger partial charge in [-0.3, -0.25) is 19.3 Å². The quantitative estimate of drug-likeness (QED) is 0.530. The molecule has 122 valence electrons. The smallest absolute Gasteiger partial charge is 0.325 e. The zero-order chi connectivity index (χ0) is 16.3. The molecule has 0 aromatic heterocycles. The molecule has 1 aliphatic carbocycles. The molecule has 22 heavy (non-hydrogen) atoms. The molecule has 8 nitrogen and oxygen atoms in total. The molecule has 1 atom stereocenters. The molecule has 3 N–H and O–H groups in total. The molecule has 0 bridgehead atoms. The zero-order valence-electron chi connectivity index (χ0n) is 12.6. The van der Waals surface area contributed by atoms with E-state index in [1.54, 1.807) is 0 Å². The van der Waals surface area contributed by atoms with Crippen molar-refractivity contribution in [2.45, 2.75) is 57.1 Å². The second-order valence-corrected chi connectivity index (χ2v) is 5.81. The molecular weight excluding hydrogens is 290 g/mol. The average molecular weight is 311 g/mol. The Morgan fingerprint density at radius 3 is 2.59 bits per heavy atom. The number of esters is 1. The van der Waals surface area contributed by atoms with Crippen LogP contribution in [-0.2, 0) is 19.1 Å². The van der Waals surface area contributed by atoms with Crippen LogP contribution in [-0.4, -0.2) is 46.9 Å². The number of imide groups is 1. The highest BCUT2D eigenvalue weighted by molar-refractivity contribution is 6.07. The number of nitrogens with one attached hydrogen (secondary N) is 1. The van der Waals surface area contributed by atoms with Crippen LogP contribution >= 0.6 is 0 Å². The number of hydrogen-bond acceptors (Lipinski definition) is 5. The van der Waals surface area contributed by atoms with Gasteiger partial charge in [-0.05, 0) is 26.2 Å². The van der Waals surface area contributed by atoms with Crippen LogP contribution in [0.15, 0.2) is 0 Å². The van der Waals surface area contributed by atoms with E-state index in [9.17, 15) is 19.2 Å². The third-order valence-corrected chi connectivity index (χ3v) is 4.17. The molecule has 1 saturated carbocycles. The Kier molecular flexibility index (Phi) is 4.68. The van der Waals surface area contributed by atoms with E-state index in [1.807, 2.05) is 0 Å². The Labute approximate surface area is 128 Å². The van der Waals surface area contributed by atoms with Crippen molar-refractivity contribution in [3.8, 4) is 0 Å². The second-order valence-electron chi connectivity index (χ2n) is 5.81. The standard InChI is InChI=1S/C14H21N3O5/c1-9(11(15)19)22-10(18)5-4-8-17-12(20)14(16-13(17)21)6-2-3-7-14/h9H,2-8H2,1H3,(H2,15,19)(H,16,21)/t9-/m1/s1. The third-order valence-electron chi connectivity index (χ3n) is 4.17. The van der Waals surface area contributed by atoms with Crippen molar-refractivity contribution in [1.82, 2.24) is 10.2 Å². The molecule has 1 saturated heterocycles. The van der Waals surface area contributed by atoms with Crippen molar-refractivity contribution >= 4 is 23.8 Å². The van der Waals surface area contributed by atoms with Gasteiger partial charge < -0.3 is 15.8 Å². The molecule has 0 unspecified atom stereocenters.